The number of thiophene rings is 1. The lowest BCUT2D eigenvalue weighted by molar-refractivity contribution is -0.138. The number of nitrogens with zero attached hydrogens (tertiary/aromatic N) is 2. The number of aliphatic hydroxyl groups is 1. The van der Waals surface area contributed by atoms with E-state index < -0.39 is 0 Å². The van der Waals surface area contributed by atoms with Crippen LogP contribution in [0.4, 0.5) is 0 Å². The fourth-order valence-electron chi connectivity index (χ4n) is 3.70. The van der Waals surface area contributed by atoms with E-state index in [9.17, 15) is 9.59 Å². The summed E-state index contributed by atoms with van der Waals surface area (Å²) in [7, 11) is 0. The van der Waals surface area contributed by atoms with Crippen LogP contribution in [0.5, 0.6) is 0 Å². The average molecular weight is 350 g/mol. The minimum absolute atomic E-state index is 0.0826. The van der Waals surface area contributed by atoms with E-state index in [1.165, 1.54) is 10.4 Å². The predicted molar refractivity (Wildman–Crippen MR) is 93.7 cm³/mol. The third-order valence-corrected chi connectivity index (χ3v) is 6.15. The second-order valence-corrected chi connectivity index (χ2v) is 7.80. The Balaban J connectivity index is 1.45. The number of hydrogen-bond acceptors (Lipinski definition) is 4. The Morgan fingerprint density at radius 2 is 2.00 bits per heavy atom. The van der Waals surface area contributed by atoms with E-state index in [-0.39, 0.29) is 18.4 Å². The fourth-order valence-corrected chi connectivity index (χ4v) is 4.59. The molecule has 3 heterocycles. The summed E-state index contributed by atoms with van der Waals surface area (Å²) in [6.07, 6.45) is 4.38. The molecule has 1 aromatic rings. The Morgan fingerprint density at radius 3 is 2.79 bits per heavy atom. The van der Waals surface area contributed by atoms with Gasteiger partial charge in [0.15, 0.2) is 0 Å². The van der Waals surface area contributed by atoms with Crippen molar-refractivity contribution in [1.29, 1.82) is 0 Å². The van der Waals surface area contributed by atoms with Crippen molar-refractivity contribution in [2.75, 3.05) is 26.2 Å². The average Bonchev–Trinajstić information content (AvgIpc) is 3.07. The van der Waals surface area contributed by atoms with Crippen LogP contribution in [-0.2, 0) is 22.6 Å². The smallest absolute Gasteiger partial charge is 0.223 e. The van der Waals surface area contributed by atoms with Crippen LogP contribution < -0.4 is 0 Å². The van der Waals surface area contributed by atoms with E-state index in [0.29, 0.717) is 25.3 Å². The first-order chi connectivity index (χ1) is 11.7. The molecule has 0 aliphatic carbocycles. The van der Waals surface area contributed by atoms with Crippen LogP contribution >= 0.6 is 11.3 Å². The maximum absolute atomic E-state index is 12.4. The number of fused-ring (bicyclic) bond motifs is 1. The molecule has 0 aromatic carbocycles. The molecule has 1 saturated heterocycles. The Bertz CT molecular complexity index is 585. The summed E-state index contributed by atoms with van der Waals surface area (Å²) in [5, 5.41) is 11.1. The van der Waals surface area contributed by atoms with Crippen molar-refractivity contribution < 1.29 is 14.7 Å². The highest BCUT2D eigenvalue weighted by Crippen LogP contribution is 2.25. The minimum atomic E-state index is 0.0826. The molecule has 0 saturated carbocycles. The number of hydrogen-bond donors (Lipinski definition) is 1. The highest BCUT2D eigenvalue weighted by atomic mass is 32.1. The molecule has 2 aliphatic rings. The number of rotatable bonds is 5. The molecule has 1 N–H and O–H groups in total. The van der Waals surface area contributed by atoms with Gasteiger partial charge in [0.1, 0.15) is 0 Å². The Hall–Kier alpha value is -1.40. The van der Waals surface area contributed by atoms with Gasteiger partial charge in [-0.3, -0.25) is 9.59 Å². The van der Waals surface area contributed by atoms with Crippen molar-refractivity contribution in [2.24, 2.45) is 5.92 Å². The third-order valence-electron chi connectivity index (χ3n) is 5.12. The Labute approximate surface area is 147 Å². The lowest BCUT2D eigenvalue weighted by Crippen LogP contribution is -2.41. The SMILES string of the molecule is O=C(CCC(=O)N1CCC[C@H](CCO)C1)N1CCc2sccc2C1. The number of amides is 2. The maximum atomic E-state index is 12.4. The molecule has 132 valence electrons. The van der Waals surface area contributed by atoms with Crippen molar-refractivity contribution in [3.63, 3.8) is 0 Å². The molecule has 0 bridgehead atoms. The van der Waals surface area contributed by atoms with Crippen molar-refractivity contribution >= 4 is 23.2 Å². The fraction of sp³-hybridized carbons (Fsp3) is 0.667. The molecule has 6 heteroatoms. The Kier molecular flexibility index (Phi) is 5.89. The maximum Gasteiger partial charge on any atom is 0.223 e. The highest BCUT2D eigenvalue weighted by molar-refractivity contribution is 7.10. The summed E-state index contributed by atoms with van der Waals surface area (Å²) >= 11 is 1.76. The summed E-state index contributed by atoms with van der Waals surface area (Å²) in [5.74, 6) is 0.575. The van der Waals surface area contributed by atoms with Crippen LogP contribution in [0.2, 0.25) is 0 Å². The molecule has 2 amide bonds. The van der Waals surface area contributed by atoms with Gasteiger partial charge in [0.25, 0.3) is 0 Å². The second-order valence-electron chi connectivity index (χ2n) is 6.79. The number of carbonyl (C=O) groups excluding carboxylic acids is 2. The van der Waals surface area contributed by atoms with Crippen molar-refractivity contribution in [1.82, 2.24) is 9.80 Å². The van der Waals surface area contributed by atoms with E-state index >= 15 is 0 Å². The van der Waals surface area contributed by atoms with Crippen LogP contribution in [0, 0.1) is 5.92 Å². The molecular formula is C18H26N2O3S. The molecule has 1 aromatic heterocycles. The summed E-state index contributed by atoms with van der Waals surface area (Å²) in [5.41, 5.74) is 1.26. The molecule has 0 radical (unpaired) electrons. The van der Waals surface area contributed by atoms with Gasteiger partial charge < -0.3 is 14.9 Å². The van der Waals surface area contributed by atoms with E-state index in [2.05, 4.69) is 11.4 Å². The normalized spacial score (nSPS) is 20.8. The lowest BCUT2D eigenvalue weighted by Gasteiger charge is -2.33. The van der Waals surface area contributed by atoms with Gasteiger partial charge in [-0.05, 0) is 48.6 Å². The van der Waals surface area contributed by atoms with Crippen LogP contribution in [0.1, 0.15) is 42.5 Å². The largest absolute Gasteiger partial charge is 0.396 e. The summed E-state index contributed by atoms with van der Waals surface area (Å²) in [6, 6.07) is 2.10. The molecule has 2 aliphatic heterocycles. The Morgan fingerprint density at radius 1 is 1.21 bits per heavy atom. The zero-order valence-electron chi connectivity index (χ0n) is 14.1. The highest BCUT2D eigenvalue weighted by Gasteiger charge is 2.25. The summed E-state index contributed by atoms with van der Waals surface area (Å²) < 4.78 is 0. The molecule has 3 rings (SSSR count). The summed E-state index contributed by atoms with van der Waals surface area (Å²) in [4.78, 5) is 29.9. The molecular weight excluding hydrogens is 324 g/mol. The van der Waals surface area contributed by atoms with Gasteiger partial charge >= 0.3 is 0 Å². The quantitative estimate of drug-likeness (QED) is 0.884. The van der Waals surface area contributed by atoms with Gasteiger partial charge in [-0.1, -0.05) is 0 Å². The molecule has 1 fully saturated rings. The van der Waals surface area contributed by atoms with E-state index in [1.807, 2.05) is 9.80 Å². The van der Waals surface area contributed by atoms with E-state index in [0.717, 1.165) is 45.3 Å². The zero-order valence-corrected chi connectivity index (χ0v) is 14.9. The molecule has 24 heavy (non-hydrogen) atoms. The molecule has 1 atom stereocenters. The summed E-state index contributed by atoms with van der Waals surface area (Å²) in [6.45, 7) is 3.16. The van der Waals surface area contributed by atoms with E-state index in [1.54, 1.807) is 11.3 Å². The molecule has 5 nitrogen and oxygen atoms in total. The second kappa shape index (κ2) is 8.12. The van der Waals surface area contributed by atoms with Gasteiger partial charge in [-0.2, -0.15) is 0 Å². The third kappa shape index (κ3) is 4.16. The van der Waals surface area contributed by atoms with Crippen LogP contribution in [-0.4, -0.2) is 53.0 Å². The first kappa shape index (κ1) is 17.4. The molecule has 0 spiro atoms. The van der Waals surface area contributed by atoms with Gasteiger partial charge in [0.05, 0.1) is 0 Å². The van der Waals surface area contributed by atoms with E-state index in [4.69, 9.17) is 5.11 Å². The number of carbonyl (C=O) groups is 2. The van der Waals surface area contributed by atoms with Crippen molar-refractivity contribution in [3.8, 4) is 0 Å². The zero-order chi connectivity index (χ0) is 16.9. The first-order valence-corrected chi connectivity index (χ1v) is 9.77. The number of piperidine rings is 1. The number of likely N-dealkylation sites (tertiary alicyclic amines) is 1. The topological polar surface area (TPSA) is 60.9 Å². The van der Waals surface area contributed by atoms with Gasteiger partial charge in [0, 0.05) is 50.5 Å². The van der Waals surface area contributed by atoms with Crippen LogP contribution in [0.15, 0.2) is 11.4 Å². The predicted octanol–water partition coefficient (Wildman–Crippen LogP) is 2.03. The van der Waals surface area contributed by atoms with Crippen LogP contribution in [0.3, 0.4) is 0 Å². The monoisotopic (exact) mass is 350 g/mol. The van der Waals surface area contributed by atoms with Gasteiger partial charge in [-0.15, -0.1) is 11.3 Å². The van der Waals surface area contributed by atoms with Crippen molar-refractivity contribution in [2.45, 2.75) is 45.1 Å². The lowest BCUT2D eigenvalue weighted by atomic mass is 9.95. The van der Waals surface area contributed by atoms with Crippen LogP contribution in [0.25, 0.3) is 0 Å². The van der Waals surface area contributed by atoms with Gasteiger partial charge in [0.2, 0.25) is 11.8 Å². The van der Waals surface area contributed by atoms with Gasteiger partial charge in [-0.25, -0.2) is 0 Å². The standard InChI is InChI=1S/C18H26N2O3S/c21-10-6-14-2-1-8-19(12-14)17(22)3-4-18(23)20-9-5-16-15(13-20)7-11-24-16/h7,11,14,21H,1-6,8-10,12-13H2/t14-/m1/s1. The minimum Gasteiger partial charge on any atom is -0.396 e. The van der Waals surface area contributed by atoms with Crippen molar-refractivity contribution in [3.05, 3.63) is 21.9 Å². The number of aliphatic hydroxyl groups excluding tert-OH is 1. The molecule has 0 unspecified atom stereocenters. The first-order valence-electron chi connectivity index (χ1n) is 8.89.